The van der Waals surface area contributed by atoms with E-state index in [1.54, 1.807) is 19.2 Å². The lowest BCUT2D eigenvalue weighted by molar-refractivity contribution is -0.918. The molecule has 0 bridgehead atoms. The van der Waals surface area contributed by atoms with Gasteiger partial charge in [-0.05, 0) is 36.4 Å². The van der Waals surface area contributed by atoms with E-state index in [2.05, 4.69) is 4.72 Å². The Morgan fingerprint density at radius 2 is 1.72 bits per heavy atom. The van der Waals surface area contributed by atoms with Crippen molar-refractivity contribution in [1.29, 1.82) is 0 Å². The lowest BCUT2D eigenvalue weighted by Gasteiger charge is -2.25. The number of rotatable bonds is 7. The molecule has 29 heavy (non-hydrogen) atoms. The highest BCUT2D eigenvalue weighted by Gasteiger charge is 2.29. The molecule has 0 saturated carbocycles. The van der Waals surface area contributed by atoms with Gasteiger partial charge >= 0.3 is 0 Å². The Balaban J connectivity index is 1.52. The molecule has 0 aromatic heterocycles. The van der Waals surface area contributed by atoms with E-state index >= 15 is 0 Å². The van der Waals surface area contributed by atoms with Crippen LogP contribution >= 0.6 is 0 Å². The summed E-state index contributed by atoms with van der Waals surface area (Å²) in [5.41, 5.74) is 1.10. The average Bonchev–Trinajstić information content (AvgIpc) is 3.28. The number of nitrogens with one attached hydrogen (secondary N) is 2. The fraction of sp³-hybridized carbons (Fsp3) is 0.429. The van der Waals surface area contributed by atoms with Gasteiger partial charge in [0.1, 0.15) is 25.0 Å². The molecule has 2 aromatic carbocycles. The first-order valence-corrected chi connectivity index (χ1v) is 11.4. The number of sulfonamides is 1. The molecular weight excluding hydrogens is 392 g/mol. The minimum absolute atomic E-state index is 0.0513. The predicted octanol–water partition coefficient (Wildman–Crippen LogP) is 1.16. The highest BCUT2D eigenvalue weighted by atomic mass is 32.2. The van der Waals surface area contributed by atoms with Crippen LogP contribution in [0, 0.1) is 0 Å². The maximum absolute atomic E-state index is 12.9. The van der Waals surface area contributed by atoms with Crippen LogP contribution in [-0.4, -0.2) is 48.4 Å². The molecule has 1 saturated heterocycles. The van der Waals surface area contributed by atoms with Crippen LogP contribution in [0.3, 0.4) is 0 Å². The normalized spacial score (nSPS) is 17.8. The van der Waals surface area contributed by atoms with Crippen molar-refractivity contribution >= 4 is 10.0 Å². The number of hydrogen-bond donors (Lipinski definition) is 2. The summed E-state index contributed by atoms with van der Waals surface area (Å²) in [6, 6.07) is 12.7. The second-order valence-electron chi connectivity index (χ2n) is 7.35. The van der Waals surface area contributed by atoms with Crippen LogP contribution in [0.1, 0.15) is 24.4 Å². The number of ether oxygens (including phenoxy) is 3. The van der Waals surface area contributed by atoms with E-state index in [9.17, 15) is 8.42 Å². The topological polar surface area (TPSA) is 78.3 Å². The maximum atomic E-state index is 12.9. The minimum Gasteiger partial charge on any atom is -0.497 e. The van der Waals surface area contributed by atoms with Crippen LogP contribution in [0.4, 0.5) is 0 Å². The molecule has 0 aliphatic carbocycles. The summed E-state index contributed by atoms with van der Waals surface area (Å²) in [5, 5.41) is 0. The monoisotopic (exact) mass is 419 g/mol. The van der Waals surface area contributed by atoms with Gasteiger partial charge in [-0.3, -0.25) is 0 Å². The molecule has 8 heteroatoms. The van der Waals surface area contributed by atoms with Crippen molar-refractivity contribution in [3.63, 3.8) is 0 Å². The Hall–Kier alpha value is -2.29. The number of methoxy groups -OCH3 is 1. The van der Waals surface area contributed by atoms with Crippen LogP contribution in [0.5, 0.6) is 17.2 Å². The maximum Gasteiger partial charge on any atom is 0.240 e. The minimum atomic E-state index is -3.66. The molecule has 1 atom stereocenters. The quantitative estimate of drug-likeness (QED) is 0.704. The largest absolute Gasteiger partial charge is 0.497 e. The summed E-state index contributed by atoms with van der Waals surface area (Å²) in [4.78, 5) is 1.59. The lowest BCUT2D eigenvalue weighted by atomic mass is 10.1. The first-order chi connectivity index (χ1) is 14.1. The van der Waals surface area contributed by atoms with E-state index < -0.39 is 10.0 Å². The zero-order chi connectivity index (χ0) is 20.3. The van der Waals surface area contributed by atoms with E-state index in [0.717, 1.165) is 37.2 Å². The standard InChI is InChI=1S/C21H26N2O5S/c1-26-17-6-4-16(5-7-17)19(23-10-2-3-11-23)15-22-29(24,25)18-8-9-20-21(14-18)28-13-12-27-20/h4-9,14,19,22H,2-3,10-13,15H2,1H3/p+1/t19-/m1/s1. The SMILES string of the molecule is COc1ccc([C@@H](CNS(=O)(=O)c2ccc3c(c2)OCCO3)[NH+]2CCCC2)cc1. The molecule has 0 spiro atoms. The Labute approximate surface area is 171 Å². The van der Waals surface area contributed by atoms with Crippen molar-refractivity contribution in [1.82, 2.24) is 4.72 Å². The second kappa shape index (κ2) is 8.61. The molecule has 156 valence electrons. The summed E-state index contributed by atoms with van der Waals surface area (Å²) in [6.07, 6.45) is 2.33. The Kier molecular flexibility index (Phi) is 5.94. The Morgan fingerprint density at radius 3 is 2.41 bits per heavy atom. The molecule has 2 heterocycles. The first-order valence-electron chi connectivity index (χ1n) is 9.95. The molecule has 2 aromatic rings. The molecule has 2 aliphatic heterocycles. The number of hydrogen-bond acceptors (Lipinski definition) is 5. The van der Waals surface area contributed by atoms with Gasteiger partial charge in [0.05, 0.1) is 31.6 Å². The van der Waals surface area contributed by atoms with E-state index in [-0.39, 0.29) is 10.9 Å². The van der Waals surface area contributed by atoms with Crippen LogP contribution < -0.4 is 23.8 Å². The number of likely N-dealkylation sites (tertiary alicyclic amines) is 1. The lowest BCUT2D eigenvalue weighted by Crippen LogP contribution is -3.11. The third-order valence-corrected chi connectivity index (χ3v) is 6.98. The van der Waals surface area contributed by atoms with Crippen LogP contribution in [0.2, 0.25) is 0 Å². The second-order valence-corrected chi connectivity index (χ2v) is 9.12. The summed E-state index contributed by atoms with van der Waals surface area (Å²) in [7, 11) is -2.02. The van der Waals surface area contributed by atoms with Gasteiger partial charge in [0.2, 0.25) is 10.0 Å². The molecule has 0 unspecified atom stereocenters. The molecule has 0 amide bonds. The predicted molar refractivity (Wildman–Crippen MR) is 108 cm³/mol. The van der Waals surface area contributed by atoms with Gasteiger partial charge in [-0.25, -0.2) is 13.1 Å². The van der Waals surface area contributed by atoms with Crippen molar-refractivity contribution in [2.45, 2.75) is 23.8 Å². The van der Waals surface area contributed by atoms with Gasteiger partial charge in [-0.1, -0.05) is 0 Å². The van der Waals surface area contributed by atoms with Crippen molar-refractivity contribution in [3.05, 3.63) is 48.0 Å². The fourth-order valence-electron chi connectivity index (χ4n) is 3.98. The summed E-state index contributed by atoms with van der Waals surface area (Å²) in [6.45, 7) is 3.31. The van der Waals surface area contributed by atoms with E-state index in [4.69, 9.17) is 14.2 Å². The van der Waals surface area contributed by atoms with Gasteiger partial charge in [-0.15, -0.1) is 0 Å². The summed E-state index contributed by atoms with van der Waals surface area (Å²) < 4.78 is 44.9. The average molecular weight is 420 g/mol. The highest BCUT2D eigenvalue weighted by Crippen LogP contribution is 2.32. The smallest absolute Gasteiger partial charge is 0.240 e. The van der Waals surface area contributed by atoms with Crippen LogP contribution in [-0.2, 0) is 10.0 Å². The van der Waals surface area contributed by atoms with Crippen molar-refractivity contribution < 1.29 is 27.5 Å². The van der Waals surface area contributed by atoms with E-state index in [0.29, 0.717) is 31.3 Å². The van der Waals surface area contributed by atoms with Crippen LogP contribution in [0.15, 0.2) is 47.4 Å². The van der Waals surface area contributed by atoms with Gasteiger partial charge in [-0.2, -0.15) is 0 Å². The number of fused-ring (bicyclic) bond motifs is 1. The van der Waals surface area contributed by atoms with Crippen LogP contribution in [0.25, 0.3) is 0 Å². The Bertz CT molecular complexity index is 940. The van der Waals surface area contributed by atoms with E-state index in [1.165, 1.54) is 11.0 Å². The molecule has 4 rings (SSSR count). The fourth-order valence-corrected chi connectivity index (χ4v) is 5.04. The zero-order valence-electron chi connectivity index (χ0n) is 16.5. The zero-order valence-corrected chi connectivity index (χ0v) is 17.3. The third kappa shape index (κ3) is 4.49. The third-order valence-electron chi connectivity index (χ3n) is 5.56. The molecule has 2 N–H and O–H groups in total. The van der Waals surface area contributed by atoms with Gasteiger partial charge in [0, 0.05) is 24.5 Å². The Morgan fingerprint density at radius 1 is 1.03 bits per heavy atom. The van der Waals surface area contributed by atoms with E-state index in [1.807, 2.05) is 24.3 Å². The summed E-state index contributed by atoms with van der Waals surface area (Å²) in [5.74, 6) is 1.84. The molecule has 0 radical (unpaired) electrons. The van der Waals surface area contributed by atoms with Crippen molar-refractivity contribution in [2.24, 2.45) is 0 Å². The first kappa shape index (κ1) is 20.0. The summed E-state index contributed by atoms with van der Waals surface area (Å²) >= 11 is 0. The molecule has 2 aliphatic rings. The highest BCUT2D eigenvalue weighted by molar-refractivity contribution is 7.89. The van der Waals surface area contributed by atoms with Gasteiger partial charge in [0.25, 0.3) is 0 Å². The molecular formula is C21H27N2O5S+. The van der Waals surface area contributed by atoms with Crippen molar-refractivity contribution in [2.75, 3.05) is 40.0 Å². The van der Waals surface area contributed by atoms with Gasteiger partial charge < -0.3 is 19.1 Å². The number of benzene rings is 2. The van der Waals surface area contributed by atoms with Crippen molar-refractivity contribution in [3.8, 4) is 17.2 Å². The molecule has 1 fully saturated rings. The number of quaternary nitrogens is 1. The van der Waals surface area contributed by atoms with Gasteiger partial charge in [0.15, 0.2) is 11.5 Å². The molecule has 7 nitrogen and oxygen atoms in total.